The predicted octanol–water partition coefficient (Wildman–Crippen LogP) is 4.90. The molecule has 0 radical (unpaired) electrons. The molecule has 2 N–H and O–H groups in total. The van der Waals surface area contributed by atoms with Crippen molar-refractivity contribution in [3.8, 4) is 5.75 Å². The van der Waals surface area contributed by atoms with Crippen molar-refractivity contribution >= 4 is 17.4 Å². The number of H-pyrrole nitrogens is 1. The van der Waals surface area contributed by atoms with Crippen LogP contribution >= 0.6 is 0 Å². The Kier molecular flexibility index (Phi) is 7.81. The lowest BCUT2D eigenvalue weighted by Crippen LogP contribution is -2.36. The first-order chi connectivity index (χ1) is 17.7. The smallest absolute Gasteiger partial charge is 0.295 e. The van der Waals surface area contributed by atoms with E-state index in [1.54, 1.807) is 29.2 Å². The molecular weight excluding hydrogens is 466 g/mol. The maximum atomic E-state index is 13.3. The molecular formula is C30H36N3O4+. The lowest BCUT2D eigenvalue weighted by Gasteiger charge is -2.26. The van der Waals surface area contributed by atoms with E-state index in [1.165, 1.54) is 0 Å². The number of imidazole rings is 1. The minimum absolute atomic E-state index is 0.0320. The Bertz CT molecular complexity index is 1250. The maximum absolute atomic E-state index is 13.3. The standard InChI is InChI=1S/C30H35N3O4/c1-5-19-37-24-13-9-22(10-14-24)27(34)25-26(21-7-11-23(12-8-21)30(2,3)4)33(29(36)28(25)35)17-6-16-32-18-15-31-20-32/h7-15,18,20,26H,5-6,16-17,19H2,1-4H3,(H,34,35)/p+1. The summed E-state index contributed by atoms with van der Waals surface area (Å²) in [5, 5.41) is 11.3. The molecule has 1 atom stereocenters. The van der Waals surface area contributed by atoms with Crippen LogP contribution in [0, 0.1) is 0 Å². The van der Waals surface area contributed by atoms with E-state index in [-0.39, 0.29) is 16.7 Å². The first-order valence-electron chi connectivity index (χ1n) is 12.8. The van der Waals surface area contributed by atoms with Gasteiger partial charge < -0.3 is 14.7 Å². The van der Waals surface area contributed by atoms with Gasteiger partial charge in [-0.05, 0) is 47.2 Å². The monoisotopic (exact) mass is 502 g/mol. The molecule has 1 aromatic heterocycles. The van der Waals surface area contributed by atoms with Crippen LogP contribution in [-0.2, 0) is 21.5 Å². The minimum atomic E-state index is -0.665. The van der Waals surface area contributed by atoms with Crippen LogP contribution in [0.1, 0.15) is 63.3 Å². The number of Topliss-reactive ketones (excluding diaryl/α,β-unsaturated/α-hetero) is 1. The third-order valence-corrected chi connectivity index (χ3v) is 6.65. The number of rotatable bonds is 9. The number of carbonyl (C=O) groups is 2. The molecule has 2 aromatic carbocycles. The molecule has 0 aliphatic carbocycles. The molecule has 4 rings (SSSR count). The van der Waals surface area contributed by atoms with Crippen molar-refractivity contribution in [2.75, 3.05) is 13.2 Å². The first kappa shape index (κ1) is 26.2. The molecule has 194 valence electrons. The van der Waals surface area contributed by atoms with Gasteiger partial charge in [0.05, 0.1) is 24.8 Å². The normalized spacial score (nSPS) is 17.4. The highest BCUT2D eigenvalue weighted by Crippen LogP contribution is 2.40. The van der Waals surface area contributed by atoms with Gasteiger partial charge >= 0.3 is 0 Å². The van der Waals surface area contributed by atoms with Crippen LogP contribution in [0.2, 0.25) is 0 Å². The van der Waals surface area contributed by atoms with E-state index in [4.69, 9.17) is 4.74 Å². The van der Waals surface area contributed by atoms with E-state index >= 15 is 0 Å². The highest BCUT2D eigenvalue weighted by atomic mass is 16.5. The number of amides is 1. The number of hydrogen-bond acceptors (Lipinski definition) is 4. The Morgan fingerprint density at radius 3 is 2.38 bits per heavy atom. The largest absolute Gasteiger partial charge is 0.507 e. The van der Waals surface area contributed by atoms with Crippen molar-refractivity contribution in [2.24, 2.45) is 0 Å². The molecule has 0 saturated carbocycles. The van der Waals surface area contributed by atoms with E-state index in [1.807, 2.05) is 54.5 Å². The summed E-state index contributed by atoms with van der Waals surface area (Å²) in [5.74, 6) is -0.736. The molecule has 0 spiro atoms. The summed E-state index contributed by atoms with van der Waals surface area (Å²) in [6.45, 7) is 10.1. The zero-order valence-electron chi connectivity index (χ0n) is 22.0. The molecule has 2 heterocycles. The number of aromatic nitrogens is 2. The topological polar surface area (TPSA) is 86.5 Å². The van der Waals surface area contributed by atoms with Crippen molar-refractivity contribution < 1.29 is 24.0 Å². The second kappa shape index (κ2) is 11.0. The van der Waals surface area contributed by atoms with Crippen molar-refractivity contribution in [2.45, 2.75) is 58.5 Å². The molecule has 1 aliphatic heterocycles. The van der Waals surface area contributed by atoms with Gasteiger partial charge in [-0.15, -0.1) is 0 Å². The SMILES string of the molecule is CCCOc1ccc(C(O)=C2C(=O)C(=O)N(CCC[n+]3cc[nH]c3)C2c2ccc(C(C)(C)C)cc2)cc1. The summed E-state index contributed by atoms with van der Waals surface area (Å²) >= 11 is 0. The third-order valence-electron chi connectivity index (χ3n) is 6.65. The number of carbonyl (C=O) groups excluding carboxylic acids is 2. The second-order valence-electron chi connectivity index (χ2n) is 10.4. The Morgan fingerprint density at radius 1 is 1.08 bits per heavy atom. The van der Waals surface area contributed by atoms with Crippen molar-refractivity contribution in [3.63, 3.8) is 0 Å². The number of aromatic amines is 1. The van der Waals surface area contributed by atoms with E-state index in [2.05, 4.69) is 25.8 Å². The van der Waals surface area contributed by atoms with Crippen LogP contribution in [0.4, 0.5) is 0 Å². The number of benzene rings is 2. The van der Waals surface area contributed by atoms with E-state index < -0.39 is 17.7 Å². The Morgan fingerprint density at radius 2 is 1.78 bits per heavy atom. The molecule has 1 amide bonds. The van der Waals surface area contributed by atoms with Crippen LogP contribution in [-0.4, -0.2) is 39.8 Å². The van der Waals surface area contributed by atoms with Crippen LogP contribution in [0.3, 0.4) is 0 Å². The number of hydrogen-bond donors (Lipinski definition) is 2. The number of ether oxygens (including phenoxy) is 1. The summed E-state index contributed by atoms with van der Waals surface area (Å²) in [4.78, 5) is 31.1. The van der Waals surface area contributed by atoms with Gasteiger partial charge in [0.25, 0.3) is 11.7 Å². The zero-order valence-corrected chi connectivity index (χ0v) is 22.0. The average molecular weight is 503 g/mol. The Labute approximate surface area is 218 Å². The van der Waals surface area contributed by atoms with Crippen LogP contribution in [0.25, 0.3) is 5.76 Å². The fraction of sp³-hybridized carbons (Fsp3) is 0.367. The summed E-state index contributed by atoms with van der Waals surface area (Å²) in [6.07, 6.45) is 7.16. The molecule has 1 unspecified atom stereocenters. The number of likely N-dealkylation sites (tertiary alicyclic amines) is 1. The molecule has 0 bridgehead atoms. The van der Waals surface area contributed by atoms with Gasteiger partial charge in [0.1, 0.15) is 23.9 Å². The number of aliphatic hydroxyl groups excluding tert-OH is 1. The molecule has 1 fully saturated rings. The molecule has 1 aliphatic rings. The maximum Gasteiger partial charge on any atom is 0.295 e. The quantitative estimate of drug-likeness (QED) is 0.189. The second-order valence-corrected chi connectivity index (χ2v) is 10.4. The van der Waals surface area contributed by atoms with Crippen molar-refractivity contribution in [3.05, 3.63) is 89.5 Å². The first-order valence-corrected chi connectivity index (χ1v) is 12.8. The number of aliphatic hydroxyl groups is 1. The summed E-state index contributed by atoms with van der Waals surface area (Å²) in [7, 11) is 0. The number of nitrogens with one attached hydrogen (secondary N) is 1. The lowest BCUT2D eigenvalue weighted by molar-refractivity contribution is -0.695. The molecule has 37 heavy (non-hydrogen) atoms. The van der Waals surface area contributed by atoms with Gasteiger partial charge in [-0.3, -0.25) is 14.6 Å². The van der Waals surface area contributed by atoms with Crippen LogP contribution in [0.15, 0.2) is 72.8 Å². The summed E-state index contributed by atoms with van der Waals surface area (Å²) < 4.78 is 7.64. The number of ketones is 1. The number of aryl methyl sites for hydroxylation is 1. The zero-order chi connectivity index (χ0) is 26.6. The van der Waals surface area contributed by atoms with E-state index in [0.29, 0.717) is 37.4 Å². The van der Waals surface area contributed by atoms with Gasteiger partial charge in [0.15, 0.2) is 0 Å². The van der Waals surface area contributed by atoms with Gasteiger partial charge in [-0.25, -0.2) is 4.57 Å². The predicted molar refractivity (Wildman–Crippen MR) is 142 cm³/mol. The van der Waals surface area contributed by atoms with Crippen LogP contribution in [0.5, 0.6) is 5.75 Å². The fourth-order valence-electron chi connectivity index (χ4n) is 4.59. The third kappa shape index (κ3) is 5.77. The molecule has 1 saturated heterocycles. The Hall–Kier alpha value is -3.87. The lowest BCUT2D eigenvalue weighted by atomic mass is 9.85. The minimum Gasteiger partial charge on any atom is -0.507 e. The molecule has 7 nitrogen and oxygen atoms in total. The molecule has 7 heteroatoms. The average Bonchev–Trinajstić information content (AvgIpc) is 3.49. The highest BCUT2D eigenvalue weighted by Gasteiger charge is 2.45. The summed E-state index contributed by atoms with van der Waals surface area (Å²) in [6, 6.07) is 14.3. The van der Waals surface area contributed by atoms with Gasteiger partial charge in [-0.2, -0.15) is 0 Å². The van der Waals surface area contributed by atoms with Crippen molar-refractivity contribution in [1.82, 2.24) is 9.88 Å². The fourth-order valence-corrected chi connectivity index (χ4v) is 4.59. The van der Waals surface area contributed by atoms with Gasteiger partial charge in [-0.1, -0.05) is 52.0 Å². The molecule has 3 aromatic rings. The van der Waals surface area contributed by atoms with Gasteiger partial charge in [0.2, 0.25) is 6.33 Å². The Balaban J connectivity index is 1.70. The van der Waals surface area contributed by atoms with Gasteiger partial charge in [0, 0.05) is 18.5 Å². The highest BCUT2D eigenvalue weighted by molar-refractivity contribution is 6.46. The number of nitrogens with zero attached hydrogens (tertiary/aromatic N) is 2. The van der Waals surface area contributed by atoms with E-state index in [0.717, 1.165) is 17.5 Å². The van der Waals surface area contributed by atoms with Crippen LogP contribution < -0.4 is 9.30 Å². The summed E-state index contributed by atoms with van der Waals surface area (Å²) in [5.41, 5.74) is 2.51. The van der Waals surface area contributed by atoms with Crippen molar-refractivity contribution in [1.29, 1.82) is 0 Å². The van der Waals surface area contributed by atoms with E-state index in [9.17, 15) is 14.7 Å².